The minimum Gasteiger partial charge on any atom is -0.356 e. The highest BCUT2D eigenvalue weighted by Crippen LogP contribution is 2.70. The molecular formula is C28H31F3O5S2. The van der Waals surface area contributed by atoms with E-state index in [4.69, 9.17) is 13.1 Å². The molecule has 1 atom stereocenters. The molecule has 0 heterocycles. The molecule has 0 aliphatic heterocycles. The number of hydrogen-bond acceptors (Lipinski definition) is 5. The Kier molecular flexibility index (Phi) is 9.20. The fourth-order valence-corrected chi connectivity index (χ4v) is 9.28. The first-order valence-electron chi connectivity index (χ1n) is 12.4. The Bertz CT molecular complexity index is 1220. The van der Waals surface area contributed by atoms with Crippen molar-refractivity contribution in [2.75, 3.05) is 7.11 Å². The predicted molar refractivity (Wildman–Crippen MR) is 140 cm³/mol. The summed E-state index contributed by atoms with van der Waals surface area (Å²) in [5.41, 5.74) is -4.75. The first-order valence-corrected chi connectivity index (χ1v) is 15.4. The number of rotatable bonds is 10. The summed E-state index contributed by atoms with van der Waals surface area (Å²) in [6, 6.07) is 23.1. The second kappa shape index (κ2) is 12.2. The third kappa shape index (κ3) is 6.43. The van der Waals surface area contributed by atoms with E-state index in [1.165, 1.54) is 6.42 Å². The first-order chi connectivity index (χ1) is 18.2. The van der Waals surface area contributed by atoms with Crippen molar-refractivity contribution in [3.05, 3.63) is 90.5 Å². The Morgan fingerprint density at radius 1 is 0.789 bits per heavy atom. The monoisotopic (exact) mass is 568 g/mol. The molecule has 0 bridgehead atoms. The quantitative estimate of drug-likeness (QED) is 0.186. The molecule has 0 radical (unpaired) electrons. The van der Waals surface area contributed by atoms with Crippen LogP contribution in [0.25, 0.3) is 0 Å². The third-order valence-corrected chi connectivity index (χ3v) is 11.4. The van der Waals surface area contributed by atoms with Gasteiger partial charge in [0.25, 0.3) is 0 Å². The van der Waals surface area contributed by atoms with Gasteiger partial charge in [0, 0.05) is 28.2 Å². The molecule has 206 valence electrons. The van der Waals surface area contributed by atoms with Gasteiger partial charge in [0.2, 0.25) is 0 Å². The van der Waals surface area contributed by atoms with Gasteiger partial charge >= 0.3 is 15.6 Å². The van der Waals surface area contributed by atoms with Gasteiger partial charge in [0.15, 0.2) is 6.29 Å². The van der Waals surface area contributed by atoms with Crippen molar-refractivity contribution in [2.45, 2.75) is 71.1 Å². The molecule has 1 saturated carbocycles. The van der Waals surface area contributed by atoms with Gasteiger partial charge in [-0.25, -0.2) is 0 Å². The van der Waals surface area contributed by atoms with Crippen LogP contribution in [0, 0.1) is 0 Å². The van der Waals surface area contributed by atoms with E-state index < -0.39 is 32.2 Å². The first kappa shape index (κ1) is 28.6. The molecule has 3 aromatic rings. The average molecular weight is 569 g/mol. The number of hydrogen-bond donors (Lipinski definition) is 0. The lowest BCUT2D eigenvalue weighted by molar-refractivity contribution is -0.160. The second-order valence-electron chi connectivity index (χ2n) is 9.06. The van der Waals surface area contributed by atoms with Gasteiger partial charge in [0.05, 0.1) is 6.10 Å². The van der Waals surface area contributed by atoms with Crippen LogP contribution in [0.1, 0.15) is 37.7 Å². The van der Waals surface area contributed by atoms with Crippen LogP contribution in [0.3, 0.4) is 0 Å². The van der Waals surface area contributed by atoms with Crippen molar-refractivity contribution >= 4 is 20.4 Å². The van der Waals surface area contributed by atoms with E-state index in [1.54, 1.807) is 92.0 Å². The normalized spacial score (nSPS) is 16.7. The van der Waals surface area contributed by atoms with Crippen molar-refractivity contribution < 1.29 is 34.7 Å². The van der Waals surface area contributed by atoms with Crippen LogP contribution >= 0.6 is 10.3 Å². The van der Waals surface area contributed by atoms with Gasteiger partial charge in [0.1, 0.15) is 0 Å². The van der Waals surface area contributed by atoms with E-state index in [1.807, 2.05) is 0 Å². The van der Waals surface area contributed by atoms with Crippen molar-refractivity contribution in [2.24, 2.45) is 0 Å². The van der Waals surface area contributed by atoms with E-state index in [-0.39, 0.29) is 6.10 Å². The molecule has 38 heavy (non-hydrogen) atoms. The van der Waals surface area contributed by atoms with Crippen LogP contribution in [-0.2, 0) is 29.6 Å². The van der Waals surface area contributed by atoms with Crippen LogP contribution < -0.4 is 0 Å². The summed E-state index contributed by atoms with van der Waals surface area (Å²) >= 11 is 0. The minimum absolute atomic E-state index is 0.141. The molecule has 4 rings (SSSR count). The minimum atomic E-state index is -5.95. The molecule has 0 N–H and O–H groups in total. The Morgan fingerprint density at radius 3 is 1.76 bits per heavy atom. The van der Waals surface area contributed by atoms with Gasteiger partial charge in [-0.3, -0.25) is 0 Å². The van der Waals surface area contributed by atoms with Gasteiger partial charge in [-0.2, -0.15) is 25.2 Å². The predicted octanol–water partition coefficient (Wildman–Crippen LogP) is 7.61. The molecule has 10 heteroatoms. The number of benzene rings is 3. The molecule has 1 unspecified atom stereocenters. The molecule has 1 aliphatic rings. The lowest BCUT2D eigenvalue weighted by Gasteiger charge is -2.39. The number of halogens is 3. The molecule has 3 aromatic carbocycles. The summed E-state index contributed by atoms with van der Waals surface area (Å²) in [5.74, 6) is 0. The zero-order valence-electron chi connectivity index (χ0n) is 21.0. The topological polar surface area (TPSA) is 61.8 Å². The number of ether oxygens (including phenoxy) is 2. The summed E-state index contributed by atoms with van der Waals surface area (Å²) in [7, 11) is -7.69. The van der Waals surface area contributed by atoms with Gasteiger partial charge in [-0.05, 0) is 65.1 Å². The zero-order valence-corrected chi connectivity index (χ0v) is 22.6. The second-order valence-corrected chi connectivity index (χ2v) is 13.5. The SMILES string of the molecule is COC(Cc1ccc(S(OS(=O)(=O)C(F)(F)F)(c2ccccc2)c2ccccc2)cc1)OC1CCCCC1. The van der Waals surface area contributed by atoms with E-state index >= 15 is 0 Å². The van der Waals surface area contributed by atoms with E-state index in [0.717, 1.165) is 31.2 Å². The van der Waals surface area contributed by atoms with Gasteiger partial charge in [-0.15, -0.1) is 0 Å². The summed E-state index contributed by atoms with van der Waals surface area (Å²) in [5, 5.41) is 0. The number of alkyl halides is 3. The smallest absolute Gasteiger partial charge is 0.356 e. The Hall–Kier alpha value is -2.37. The van der Waals surface area contributed by atoms with E-state index in [9.17, 15) is 21.6 Å². The molecule has 0 spiro atoms. The standard InChI is InChI=1S/C28H31F3O5S2/c1-34-27(35-23-11-5-2-6-12-23)21-22-17-19-26(20-18-22)37(24-13-7-3-8-14-24,25-15-9-4-10-16-25)36-38(32,33)28(29,30)31/h3-4,7-10,13-20,23,27H,2,5-6,11-12,21H2,1H3. The summed E-state index contributed by atoms with van der Waals surface area (Å²) in [4.78, 5) is 0.956. The Morgan fingerprint density at radius 2 is 1.29 bits per heavy atom. The van der Waals surface area contributed by atoms with Crippen LogP contribution in [0.15, 0.2) is 99.6 Å². The molecule has 5 nitrogen and oxygen atoms in total. The Labute approximate surface area is 223 Å². The lowest BCUT2D eigenvalue weighted by Crippen LogP contribution is -2.28. The molecule has 0 saturated heterocycles. The number of methoxy groups -OCH3 is 1. The maximum absolute atomic E-state index is 13.6. The average Bonchev–Trinajstić information content (AvgIpc) is 2.93. The zero-order chi connectivity index (χ0) is 27.2. The van der Waals surface area contributed by atoms with Crippen LogP contribution in [0.5, 0.6) is 0 Å². The van der Waals surface area contributed by atoms with E-state index in [2.05, 4.69) is 0 Å². The van der Waals surface area contributed by atoms with Gasteiger partial charge < -0.3 is 9.47 Å². The van der Waals surface area contributed by atoms with E-state index in [0.29, 0.717) is 21.1 Å². The maximum Gasteiger partial charge on any atom is 0.524 e. The van der Waals surface area contributed by atoms with Gasteiger partial charge in [-0.1, -0.05) is 67.8 Å². The highest BCUT2D eigenvalue weighted by Gasteiger charge is 2.52. The highest BCUT2D eigenvalue weighted by molar-refractivity contribution is 8.33. The van der Waals surface area contributed by atoms with Crippen molar-refractivity contribution in [3.63, 3.8) is 0 Å². The molecule has 1 aliphatic carbocycles. The molecule has 0 amide bonds. The lowest BCUT2D eigenvalue weighted by atomic mass is 9.98. The highest BCUT2D eigenvalue weighted by atomic mass is 32.3. The Balaban J connectivity index is 1.74. The van der Waals surface area contributed by atoms with Crippen LogP contribution in [-0.4, -0.2) is 33.4 Å². The maximum atomic E-state index is 13.6. The summed E-state index contributed by atoms with van der Waals surface area (Å²) < 4.78 is 82.8. The third-order valence-electron chi connectivity index (χ3n) is 6.44. The van der Waals surface area contributed by atoms with Crippen molar-refractivity contribution in [3.8, 4) is 0 Å². The molecular weight excluding hydrogens is 537 g/mol. The molecule has 1 fully saturated rings. The van der Waals surface area contributed by atoms with Crippen LogP contribution in [0.2, 0.25) is 0 Å². The summed E-state index contributed by atoms with van der Waals surface area (Å²) in [6.45, 7) is 0. The molecule has 0 aromatic heterocycles. The van der Waals surface area contributed by atoms with Crippen LogP contribution in [0.4, 0.5) is 13.2 Å². The van der Waals surface area contributed by atoms with Crippen molar-refractivity contribution in [1.29, 1.82) is 0 Å². The fourth-order valence-electron chi connectivity index (χ4n) is 4.54. The summed E-state index contributed by atoms with van der Waals surface area (Å²) in [6.07, 6.45) is 5.55. The fraction of sp³-hybridized carbons (Fsp3) is 0.357. The van der Waals surface area contributed by atoms with Crippen molar-refractivity contribution in [1.82, 2.24) is 0 Å². The largest absolute Gasteiger partial charge is 0.524 e.